The van der Waals surface area contributed by atoms with Gasteiger partial charge in [0.1, 0.15) is 17.3 Å². The van der Waals surface area contributed by atoms with Crippen molar-refractivity contribution in [3.8, 4) is 0 Å². The molecule has 1 N–H and O–H groups in total. The lowest BCUT2D eigenvalue weighted by Crippen LogP contribution is -2.21. The number of benzene rings is 1. The lowest BCUT2D eigenvalue weighted by Gasteiger charge is -2.21. The first-order chi connectivity index (χ1) is 9.63. The fourth-order valence-electron chi connectivity index (χ4n) is 2.23. The summed E-state index contributed by atoms with van der Waals surface area (Å²) in [6.45, 7) is 6.38. The number of furan rings is 1. The zero-order valence-electron chi connectivity index (χ0n) is 12.2. The molecule has 0 radical (unpaired) electrons. The highest BCUT2D eigenvalue weighted by Gasteiger charge is 2.11. The predicted molar refractivity (Wildman–Crippen MR) is 79.3 cm³/mol. The molecular formula is C16H21FN2O. The van der Waals surface area contributed by atoms with Crippen LogP contribution < -0.4 is 10.2 Å². The number of rotatable bonds is 6. The first kappa shape index (κ1) is 14.6. The topological polar surface area (TPSA) is 28.4 Å². The van der Waals surface area contributed by atoms with E-state index in [0.717, 1.165) is 35.9 Å². The van der Waals surface area contributed by atoms with Gasteiger partial charge in [0.2, 0.25) is 0 Å². The average molecular weight is 276 g/mol. The molecule has 0 amide bonds. The van der Waals surface area contributed by atoms with Gasteiger partial charge in [0.05, 0.1) is 13.1 Å². The zero-order chi connectivity index (χ0) is 14.5. The van der Waals surface area contributed by atoms with Crippen LogP contribution in [0.3, 0.4) is 0 Å². The van der Waals surface area contributed by atoms with Gasteiger partial charge in [-0.1, -0.05) is 0 Å². The predicted octanol–water partition coefficient (Wildman–Crippen LogP) is 3.47. The van der Waals surface area contributed by atoms with Gasteiger partial charge in [0.15, 0.2) is 0 Å². The maximum absolute atomic E-state index is 13.0. The van der Waals surface area contributed by atoms with E-state index in [2.05, 4.69) is 23.2 Å². The highest BCUT2D eigenvalue weighted by molar-refractivity contribution is 5.46. The van der Waals surface area contributed by atoms with E-state index in [0.29, 0.717) is 6.54 Å². The second kappa shape index (κ2) is 6.57. The number of hydrogen-bond donors (Lipinski definition) is 1. The Balaban J connectivity index is 2.13. The standard InChI is InChI=1S/C16H21FN2O/c1-4-19(14-7-5-13(17)6-8-14)11-15-9-12(2)16(20-15)10-18-3/h5-9,18H,4,10-11H2,1-3H3. The second-order valence-electron chi connectivity index (χ2n) is 4.84. The fourth-order valence-corrected chi connectivity index (χ4v) is 2.23. The highest BCUT2D eigenvalue weighted by atomic mass is 19.1. The number of nitrogens with one attached hydrogen (secondary N) is 1. The Morgan fingerprint density at radius 3 is 2.55 bits per heavy atom. The van der Waals surface area contributed by atoms with Gasteiger partial charge in [-0.2, -0.15) is 0 Å². The molecule has 0 bridgehead atoms. The molecule has 1 heterocycles. The summed E-state index contributed by atoms with van der Waals surface area (Å²) < 4.78 is 18.8. The van der Waals surface area contributed by atoms with Gasteiger partial charge in [-0.3, -0.25) is 0 Å². The highest BCUT2D eigenvalue weighted by Crippen LogP contribution is 2.21. The van der Waals surface area contributed by atoms with Crippen molar-refractivity contribution in [1.82, 2.24) is 5.32 Å². The van der Waals surface area contributed by atoms with Gasteiger partial charge in [-0.25, -0.2) is 4.39 Å². The lowest BCUT2D eigenvalue weighted by atomic mass is 10.2. The Labute approximate surface area is 119 Å². The Kier molecular flexibility index (Phi) is 4.79. The minimum atomic E-state index is -0.213. The molecule has 2 aromatic rings. The van der Waals surface area contributed by atoms with E-state index in [4.69, 9.17) is 4.42 Å². The third-order valence-electron chi connectivity index (χ3n) is 3.33. The molecule has 4 heteroatoms. The van der Waals surface area contributed by atoms with Crippen LogP contribution in [0.2, 0.25) is 0 Å². The van der Waals surface area contributed by atoms with Crippen LogP contribution >= 0.6 is 0 Å². The summed E-state index contributed by atoms with van der Waals surface area (Å²) in [6, 6.07) is 8.63. The molecule has 0 aliphatic rings. The first-order valence-corrected chi connectivity index (χ1v) is 6.87. The number of aryl methyl sites for hydroxylation is 1. The number of halogens is 1. The average Bonchev–Trinajstić information content (AvgIpc) is 2.78. The molecule has 0 aliphatic heterocycles. The van der Waals surface area contributed by atoms with Crippen LogP contribution in [-0.2, 0) is 13.1 Å². The van der Waals surface area contributed by atoms with Gasteiger partial charge in [0, 0.05) is 12.2 Å². The van der Waals surface area contributed by atoms with Crippen LogP contribution in [0, 0.1) is 12.7 Å². The molecule has 0 saturated heterocycles. The van der Waals surface area contributed by atoms with Gasteiger partial charge in [0.25, 0.3) is 0 Å². The van der Waals surface area contributed by atoms with Crippen molar-refractivity contribution < 1.29 is 8.81 Å². The van der Waals surface area contributed by atoms with Crippen LogP contribution in [0.1, 0.15) is 24.0 Å². The van der Waals surface area contributed by atoms with Crippen molar-refractivity contribution in [1.29, 1.82) is 0 Å². The van der Waals surface area contributed by atoms with Crippen molar-refractivity contribution in [3.63, 3.8) is 0 Å². The van der Waals surface area contributed by atoms with Crippen LogP contribution in [0.25, 0.3) is 0 Å². The van der Waals surface area contributed by atoms with Gasteiger partial charge in [-0.05, 0) is 56.8 Å². The summed E-state index contributed by atoms with van der Waals surface area (Å²) >= 11 is 0. The van der Waals surface area contributed by atoms with Crippen molar-refractivity contribution in [3.05, 3.63) is 53.2 Å². The third kappa shape index (κ3) is 3.39. The second-order valence-corrected chi connectivity index (χ2v) is 4.84. The molecule has 20 heavy (non-hydrogen) atoms. The minimum Gasteiger partial charge on any atom is -0.463 e. The van der Waals surface area contributed by atoms with E-state index < -0.39 is 0 Å². The van der Waals surface area contributed by atoms with Crippen LogP contribution in [0.4, 0.5) is 10.1 Å². The summed E-state index contributed by atoms with van der Waals surface area (Å²) in [5, 5.41) is 3.09. The van der Waals surface area contributed by atoms with Gasteiger partial charge < -0.3 is 14.6 Å². The van der Waals surface area contributed by atoms with Crippen molar-refractivity contribution in [2.24, 2.45) is 0 Å². The molecule has 0 atom stereocenters. The SMILES string of the molecule is CCN(Cc1cc(C)c(CNC)o1)c1ccc(F)cc1. The minimum absolute atomic E-state index is 0.213. The van der Waals surface area contributed by atoms with E-state index in [1.54, 1.807) is 12.1 Å². The van der Waals surface area contributed by atoms with E-state index in [-0.39, 0.29) is 5.82 Å². The third-order valence-corrected chi connectivity index (χ3v) is 3.33. The summed E-state index contributed by atoms with van der Waals surface area (Å²) in [4.78, 5) is 2.15. The summed E-state index contributed by atoms with van der Waals surface area (Å²) in [5.41, 5.74) is 2.16. The molecule has 0 aliphatic carbocycles. The molecule has 0 saturated carbocycles. The van der Waals surface area contributed by atoms with E-state index in [9.17, 15) is 4.39 Å². The van der Waals surface area contributed by atoms with Crippen molar-refractivity contribution >= 4 is 5.69 Å². The Morgan fingerprint density at radius 1 is 1.25 bits per heavy atom. The van der Waals surface area contributed by atoms with Crippen LogP contribution in [0.15, 0.2) is 34.7 Å². The fraction of sp³-hybridized carbons (Fsp3) is 0.375. The Hall–Kier alpha value is -1.81. The normalized spacial score (nSPS) is 10.8. The maximum atomic E-state index is 13.0. The summed E-state index contributed by atoms with van der Waals surface area (Å²) in [5.74, 6) is 1.69. The lowest BCUT2D eigenvalue weighted by molar-refractivity contribution is 0.449. The summed E-state index contributed by atoms with van der Waals surface area (Å²) in [7, 11) is 1.90. The molecule has 0 unspecified atom stereocenters. The number of anilines is 1. The molecule has 0 fully saturated rings. The molecule has 1 aromatic carbocycles. The zero-order valence-corrected chi connectivity index (χ0v) is 12.2. The maximum Gasteiger partial charge on any atom is 0.123 e. The molecule has 2 rings (SSSR count). The van der Waals surface area contributed by atoms with Crippen LogP contribution in [0.5, 0.6) is 0 Å². The quantitative estimate of drug-likeness (QED) is 0.875. The van der Waals surface area contributed by atoms with E-state index in [1.165, 1.54) is 12.1 Å². The van der Waals surface area contributed by atoms with Crippen LogP contribution in [-0.4, -0.2) is 13.6 Å². The number of hydrogen-bond acceptors (Lipinski definition) is 3. The first-order valence-electron chi connectivity index (χ1n) is 6.87. The molecule has 3 nitrogen and oxygen atoms in total. The van der Waals surface area contributed by atoms with Gasteiger partial charge >= 0.3 is 0 Å². The van der Waals surface area contributed by atoms with Crippen molar-refractivity contribution in [2.45, 2.75) is 26.9 Å². The largest absolute Gasteiger partial charge is 0.463 e. The van der Waals surface area contributed by atoms with Crippen molar-refractivity contribution in [2.75, 3.05) is 18.5 Å². The number of nitrogens with zero attached hydrogens (tertiary/aromatic N) is 1. The smallest absolute Gasteiger partial charge is 0.123 e. The molecule has 1 aromatic heterocycles. The Morgan fingerprint density at radius 2 is 1.95 bits per heavy atom. The van der Waals surface area contributed by atoms with Gasteiger partial charge in [-0.15, -0.1) is 0 Å². The molecule has 108 valence electrons. The van der Waals surface area contributed by atoms with E-state index >= 15 is 0 Å². The molecule has 0 spiro atoms. The summed E-state index contributed by atoms with van der Waals surface area (Å²) in [6.07, 6.45) is 0. The van der Waals surface area contributed by atoms with E-state index in [1.807, 2.05) is 14.0 Å². The monoisotopic (exact) mass is 276 g/mol. The molecular weight excluding hydrogens is 255 g/mol. The Bertz CT molecular complexity index is 548.